The lowest BCUT2D eigenvalue weighted by Gasteiger charge is -2.14. The molecule has 1 amide bonds. The second-order valence-electron chi connectivity index (χ2n) is 6.85. The first-order valence-electron chi connectivity index (χ1n) is 9.21. The topological polar surface area (TPSA) is 54.9 Å². The highest BCUT2D eigenvalue weighted by atomic mass is 31.0. The average Bonchev–Trinajstić information content (AvgIpc) is 2.67. The number of nitrogens with zero attached hydrogens (tertiary/aromatic N) is 2. The Bertz CT molecular complexity index is 1050. The van der Waals surface area contributed by atoms with Gasteiger partial charge in [0.1, 0.15) is 5.69 Å². The molecule has 3 aromatic rings. The number of aryl methyl sites for hydroxylation is 3. The first kappa shape index (κ1) is 21.0. The van der Waals surface area contributed by atoms with Crippen LogP contribution in [0, 0.1) is 13.8 Å². The van der Waals surface area contributed by atoms with Crippen LogP contribution in [0.5, 0.6) is 0 Å². The molecule has 0 saturated heterocycles. The highest BCUT2D eigenvalue weighted by Crippen LogP contribution is 2.34. The van der Waals surface area contributed by atoms with E-state index < -0.39 is 17.3 Å². The molecule has 7 heteroatoms. The van der Waals surface area contributed by atoms with Gasteiger partial charge in [-0.25, -0.2) is 0 Å². The molecule has 2 heterocycles. The van der Waals surface area contributed by atoms with E-state index in [-0.39, 0.29) is 11.3 Å². The molecule has 0 radical (unpaired) electrons. The van der Waals surface area contributed by atoms with Crippen LogP contribution >= 0.6 is 9.24 Å². The predicted octanol–water partition coefficient (Wildman–Crippen LogP) is 5.50. The Morgan fingerprint density at radius 1 is 1.14 bits per heavy atom. The van der Waals surface area contributed by atoms with Gasteiger partial charge in [0, 0.05) is 17.4 Å². The van der Waals surface area contributed by atoms with Crippen LogP contribution in [0.25, 0.3) is 11.3 Å². The molecule has 1 N–H and O–H groups in total. The molecule has 2 aromatic heterocycles. The maximum Gasteiger partial charge on any atom is 0.300 e. The second kappa shape index (κ2) is 8.34. The lowest BCUT2D eigenvalue weighted by Crippen LogP contribution is -2.16. The van der Waals surface area contributed by atoms with Crippen molar-refractivity contribution in [2.45, 2.75) is 32.9 Å². The fourth-order valence-corrected chi connectivity index (χ4v) is 3.17. The van der Waals surface area contributed by atoms with Crippen molar-refractivity contribution >= 4 is 20.8 Å². The Morgan fingerprint density at radius 3 is 2.48 bits per heavy atom. The molecule has 3 rings (SSSR count). The number of carbonyl (C=O) groups excluding carboxylic acids is 1. The Labute approximate surface area is 171 Å². The highest BCUT2D eigenvalue weighted by Gasteiger charge is 2.27. The van der Waals surface area contributed by atoms with Gasteiger partial charge < -0.3 is 5.32 Å². The number of amides is 1. The summed E-state index contributed by atoms with van der Waals surface area (Å²) in [6.45, 7) is 5.57. The molecule has 0 bridgehead atoms. The van der Waals surface area contributed by atoms with E-state index >= 15 is 0 Å². The first-order chi connectivity index (χ1) is 13.7. The zero-order valence-corrected chi connectivity index (χ0v) is 17.6. The van der Waals surface area contributed by atoms with Gasteiger partial charge in [-0.15, -0.1) is 0 Å². The van der Waals surface area contributed by atoms with Gasteiger partial charge in [-0.3, -0.25) is 14.8 Å². The van der Waals surface area contributed by atoms with Crippen molar-refractivity contribution in [2.75, 3.05) is 5.32 Å². The fourth-order valence-electron chi connectivity index (χ4n) is 3.01. The van der Waals surface area contributed by atoms with Gasteiger partial charge in [-0.05, 0) is 61.7 Å². The van der Waals surface area contributed by atoms with E-state index in [0.717, 1.165) is 34.9 Å². The third kappa shape index (κ3) is 4.83. The number of hydrogen-bond donors (Lipinski definition) is 1. The molecule has 29 heavy (non-hydrogen) atoms. The van der Waals surface area contributed by atoms with Crippen molar-refractivity contribution < 1.29 is 13.6 Å². The Kier molecular flexibility index (Phi) is 6.04. The minimum absolute atomic E-state index is 0.243. The summed E-state index contributed by atoms with van der Waals surface area (Å²) >= 11 is 0. The molecule has 0 saturated carbocycles. The van der Waals surface area contributed by atoms with Crippen LogP contribution < -0.4 is 5.32 Å². The summed E-state index contributed by atoms with van der Waals surface area (Å²) in [5.41, 5.74) is 1.52. The Morgan fingerprint density at radius 2 is 1.90 bits per heavy atom. The average molecular weight is 413 g/mol. The maximum absolute atomic E-state index is 13.4. The number of anilines is 1. The summed E-state index contributed by atoms with van der Waals surface area (Å²) in [5, 5.41) is 2.83. The van der Waals surface area contributed by atoms with Crippen molar-refractivity contribution in [3.63, 3.8) is 0 Å². The second-order valence-corrected chi connectivity index (χ2v) is 7.58. The number of carbonyl (C=O) groups is 1. The minimum atomic E-state index is -3.13. The molecule has 1 unspecified atom stereocenters. The number of pyridine rings is 2. The van der Waals surface area contributed by atoms with Crippen molar-refractivity contribution in [1.29, 1.82) is 0 Å². The van der Waals surface area contributed by atoms with Crippen molar-refractivity contribution in [1.82, 2.24) is 9.97 Å². The number of alkyl halides is 2. The molecule has 150 valence electrons. The molecule has 4 nitrogen and oxygen atoms in total. The summed E-state index contributed by atoms with van der Waals surface area (Å²) in [7, 11) is 1.45. The van der Waals surface area contributed by atoms with E-state index in [1.165, 1.54) is 22.2 Å². The van der Waals surface area contributed by atoms with Crippen LogP contribution in [0.4, 0.5) is 14.5 Å². The zero-order valence-electron chi connectivity index (χ0n) is 16.5. The van der Waals surface area contributed by atoms with Crippen molar-refractivity contribution in [3.05, 3.63) is 76.7 Å². The Hall–Kier alpha value is -2.72. The van der Waals surface area contributed by atoms with Gasteiger partial charge in [-0.2, -0.15) is 8.78 Å². The minimum Gasteiger partial charge on any atom is -0.322 e. The number of halogens is 2. The molecular formula is C22H22F2N3OP. The predicted molar refractivity (Wildman–Crippen MR) is 114 cm³/mol. The quantitative estimate of drug-likeness (QED) is 0.562. The molecular weight excluding hydrogens is 391 g/mol. The normalized spacial score (nSPS) is 11.4. The van der Waals surface area contributed by atoms with Crippen LogP contribution in [0.3, 0.4) is 0 Å². The van der Waals surface area contributed by atoms with Gasteiger partial charge in [-0.1, -0.05) is 28.3 Å². The molecule has 0 aliphatic carbocycles. The fraction of sp³-hybridized carbons (Fsp3) is 0.227. The smallest absolute Gasteiger partial charge is 0.300 e. The van der Waals surface area contributed by atoms with E-state index in [9.17, 15) is 13.6 Å². The van der Waals surface area contributed by atoms with Gasteiger partial charge in [0.15, 0.2) is 0 Å². The lowest BCUT2D eigenvalue weighted by atomic mass is 10.0. The van der Waals surface area contributed by atoms with Crippen LogP contribution in [0.15, 0.2) is 48.7 Å². The Balaban J connectivity index is 1.89. The number of aromatic nitrogens is 2. The van der Waals surface area contributed by atoms with Crippen molar-refractivity contribution in [2.24, 2.45) is 0 Å². The van der Waals surface area contributed by atoms with E-state index in [4.69, 9.17) is 0 Å². The third-order valence-corrected chi connectivity index (χ3v) is 4.90. The number of benzene rings is 1. The molecule has 0 fully saturated rings. The van der Waals surface area contributed by atoms with Crippen molar-refractivity contribution in [3.8, 4) is 11.3 Å². The highest BCUT2D eigenvalue weighted by molar-refractivity contribution is 7.17. The number of rotatable bonds is 5. The van der Waals surface area contributed by atoms with E-state index in [2.05, 4.69) is 22.2 Å². The number of hydrogen-bond acceptors (Lipinski definition) is 3. The molecule has 0 spiro atoms. The summed E-state index contributed by atoms with van der Waals surface area (Å²) in [5.74, 6) is -0.402. The monoisotopic (exact) mass is 413 g/mol. The summed E-state index contributed by atoms with van der Waals surface area (Å²) < 4.78 is 26.8. The first-order valence-corrected chi connectivity index (χ1v) is 9.79. The van der Waals surface area contributed by atoms with Crippen LogP contribution in [0.2, 0.25) is 0 Å². The standard InChI is InChI=1S/C22H22F2N3OP/c1-4-15-6-7-16(11-18(15)19-9-5-13(2)12-25-19)27-21(28)17-8-10-20(22(23,24)29)26-14(17)3/h5-12H,4,29H2,1-3H3,(H,27,28). The lowest BCUT2D eigenvalue weighted by molar-refractivity contribution is 0.0973. The van der Waals surface area contributed by atoms with Gasteiger partial charge in [0.2, 0.25) is 0 Å². The van der Waals surface area contributed by atoms with Gasteiger partial charge in [0.25, 0.3) is 11.6 Å². The van der Waals surface area contributed by atoms with Crippen LogP contribution in [-0.4, -0.2) is 15.9 Å². The van der Waals surface area contributed by atoms with Gasteiger partial charge in [0.05, 0.1) is 17.0 Å². The maximum atomic E-state index is 13.4. The van der Waals surface area contributed by atoms with E-state index in [0.29, 0.717) is 5.69 Å². The molecule has 1 atom stereocenters. The van der Waals surface area contributed by atoms with Gasteiger partial charge >= 0.3 is 0 Å². The summed E-state index contributed by atoms with van der Waals surface area (Å²) in [4.78, 5) is 21.0. The van der Waals surface area contributed by atoms with E-state index in [1.54, 1.807) is 6.20 Å². The van der Waals surface area contributed by atoms with Crippen LogP contribution in [0.1, 0.15) is 39.8 Å². The van der Waals surface area contributed by atoms with Crippen LogP contribution in [-0.2, 0) is 12.1 Å². The number of nitrogens with one attached hydrogen (secondary N) is 1. The summed E-state index contributed by atoms with van der Waals surface area (Å²) in [6, 6.07) is 12.1. The summed E-state index contributed by atoms with van der Waals surface area (Å²) in [6.07, 6.45) is 2.63. The SMILES string of the molecule is CCc1ccc(NC(=O)c2ccc(C(F)(F)P)nc2C)cc1-c1ccc(C)cn1. The molecule has 0 aliphatic heterocycles. The molecule has 1 aromatic carbocycles. The molecule has 0 aliphatic rings. The third-order valence-electron chi connectivity index (χ3n) is 4.61. The van der Waals surface area contributed by atoms with E-state index in [1.807, 2.05) is 37.3 Å². The largest absolute Gasteiger partial charge is 0.322 e. The zero-order chi connectivity index (χ0) is 21.2.